The van der Waals surface area contributed by atoms with Crippen molar-refractivity contribution in [3.63, 3.8) is 0 Å². The lowest BCUT2D eigenvalue weighted by Crippen LogP contribution is -2.40. The molecular formula is C14H20N4. The van der Waals surface area contributed by atoms with E-state index in [1.54, 1.807) is 0 Å². The Morgan fingerprint density at radius 2 is 1.94 bits per heavy atom. The smallest absolute Gasteiger partial charge is 0.196 e. The molecule has 1 aromatic carbocycles. The van der Waals surface area contributed by atoms with Crippen molar-refractivity contribution in [3.05, 3.63) is 30.3 Å². The molecule has 0 aliphatic heterocycles. The van der Waals surface area contributed by atoms with Gasteiger partial charge in [-0.3, -0.25) is 0 Å². The summed E-state index contributed by atoms with van der Waals surface area (Å²) in [5.41, 5.74) is 6.77. The maximum absolute atomic E-state index is 8.72. The molecule has 0 unspecified atom stereocenters. The quantitative estimate of drug-likeness (QED) is 0.656. The van der Waals surface area contributed by atoms with E-state index in [0.29, 0.717) is 18.9 Å². The van der Waals surface area contributed by atoms with Gasteiger partial charge in [-0.05, 0) is 32.9 Å². The van der Waals surface area contributed by atoms with Gasteiger partial charge in [-0.25, -0.2) is 4.99 Å². The van der Waals surface area contributed by atoms with E-state index in [9.17, 15) is 0 Å². The van der Waals surface area contributed by atoms with Crippen LogP contribution in [-0.2, 0) is 0 Å². The Morgan fingerprint density at radius 1 is 1.33 bits per heavy atom. The Hall–Kier alpha value is -2.02. The van der Waals surface area contributed by atoms with Crippen LogP contribution >= 0.6 is 0 Å². The fourth-order valence-electron chi connectivity index (χ4n) is 1.55. The second kappa shape index (κ2) is 6.06. The number of aliphatic imine (C=N–C) groups is 1. The minimum absolute atomic E-state index is 0.232. The SMILES string of the molecule is CC(C)(C)N=C(N)N(CCC#N)c1ccccc1. The van der Waals surface area contributed by atoms with E-state index in [4.69, 9.17) is 11.0 Å². The fraction of sp³-hybridized carbons (Fsp3) is 0.429. The molecule has 0 amide bonds. The van der Waals surface area contributed by atoms with Crippen LogP contribution in [0.15, 0.2) is 35.3 Å². The number of anilines is 1. The summed E-state index contributed by atoms with van der Waals surface area (Å²) in [6.07, 6.45) is 0.412. The molecule has 96 valence electrons. The highest BCUT2D eigenvalue weighted by Crippen LogP contribution is 2.15. The van der Waals surface area contributed by atoms with Gasteiger partial charge in [0.05, 0.1) is 18.0 Å². The van der Waals surface area contributed by atoms with Crippen molar-refractivity contribution in [1.29, 1.82) is 5.26 Å². The largest absolute Gasteiger partial charge is 0.369 e. The summed E-state index contributed by atoms with van der Waals surface area (Å²) in [4.78, 5) is 6.32. The van der Waals surface area contributed by atoms with Crippen LogP contribution in [0.4, 0.5) is 5.69 Å². The Bertz CT molecular complexity index is 437. The van der Waals surface area contributed by atoms with E-state index >= 15 is 0 Å². The van der Waals surface area contributed by atoms with E-state index in [1.165, 1.54) is 0 Å². The topological polar surface area (TPSA) is 65.4 Å². The van der Waals surface area contributed by atoms with Crippen molar-refractivity contribution >= 4 is 11.6 Å². The molecule has 2 N–H and O–H groups in total. The minimum Gasteiger partial charge on any atom is -0.369 e. The molecule has 0 aliphatic carbocycles. The third-order valence-electron chi connectivity index (χ3n) is 2.24. The molecule has 0 heterocycles. The van der Waals surface area contributed by atoms with Crippen LogP contribution in [0, 0.1) is 11.3 Å². The summed E-state index contributed by atoms with van der Waals surface area (Å²) >= 11 is 0. The van der Waals surface area contributed by atoms with Crippen LogP contribution in [0.2, 0.25) is 0 Å². The number of nitrogens with zero attached hydrogens (tertiary/aromatic N) is 3. The first-order valence-electron chi connectivity index (χ1n) is 5.99. The molecule has 4 heteroatoms. The van der Waals surface area contributed by atoms with Gasteiger partial charge in [-0.1, -0.05) is 18.2 Å². The zero-order valence-corrected chi connectivity index (χ0v) is 11.2. The minimum atomic E-state index is -0.232. The predicted octanol–water partition coefficient (Wildman–Crippen LogP) is 2.52. The highest BCUT2D eigenvalue weighted by Gasteiger charge is 2.14. The molecule has 0 saturated heterocycles. The normalized spacial score (nSPS) is 12.0. The third-order valence-corrected chi connectivity index (χ3v) is 2.24. The maximum Gasteiger partial charge on any atom is 0.196 e. The Balaban J connectivity index is 3.00. The molecular weight excluding hydrogens is 224 g/mol. The Labute approximate surface area is 109 Å². The fourth-order valence-corrected chi connectivity index (χ4v) is 1.55. The number of guanidine groups is 1. The lowest BCUT2D eigenvalue weighted by molar-refractivity contribution is 0.580. The number of rotatable bonds is 3. The number of benzene rings is 1. The van der Waals surface area contributed by atoms with Gasteiger partial charge in [0, 0.05) is 12.2 Å². The summed E-state index contributed by atoms with van der Waals surface area (Å²) in [6.45, 7) is 6.53. The van der Waals surface area contributed by atoms with Gasteiger partial charge in [0.15, 0.2) is 5.96 Å². The van der Waals surface area contributed by atoms with Crippen LogP contribution in [0.25, 0.3) is 0 Å². The molecule has 0 spiro atoms. The summed E-state index contributed by atoms with van der Waals surface area (Å²) in [6, 6.07) is 11.9. The van der Waals surface area contributed by atoms with Crippen molar-refractivity contribution in [3.8, 4) is 6.07 Å². The molecule has 0 atom stereocenters. The number of nitriles is 1. The first kappa shape index (κ1) is 14.0. The highest BCUT2D eigenvalue weighted by atomic mass is 15.3. The molecule has 0 aliphatic rings. The van der Waals surface area contributed by atoms with Crippen molar-refractivity contribution < 1.29 is 0 Å². The molecule has 0 aromatic heterocycles. The summed E-state index contributed by atoms with van der Waals surface area (Å²) in [5.74, 6) is 0.448. The molecule has 0 bridgehead atoms. The van der Waals surface area contributed by atoms with Crippen LogP contribution in [-0.4, -0.2) is 18.0 Å². The van der Waals surface area contributed by atoms with Gasteiger partial charge in [-0.15, -0.1) is 0 Å². The van der Waals surface area contributed by atoms with E-state index in [-0.39, 0.29) is 5.54 Å². The zero-order valence-electron chi connectivity index (χ0n) is 11.2. The Morgan fingerprint density at radius 3 is 2.44 bits per heavy atom. The van der Waals surface area contributed by atoms with E-state index in [2.05, 4.69) is 11.1 Å². The maximum atomic E-state index is 8.72. The molecule has 18 heavy (non-hydrogen) atoms. The second-order valence-electron chi connectivity index (χ2n) is 5.04. The summed E-state index contributed by atoms with van der Waals surface area (Å²) in [7, 11) is 0. The van der Waals surface area contributed by atoms with Crippen molar-refractivity contribution in [2.24, 2.45) is 10.7 Å². The third kappa shape index (κ3) is 4.46. The predicted molar refractivity (Wildman–Crippen MR) is 75.4 cm³/mol. The van der Waals surface area contributed by atoms with Gasteiger partial charge in [0.1, 0.15) is 0 Å². The number of hydrogen-bond donors (Lipinski definition) is 1. The van der Waals surface area contributed by atoms with E-state index in [1.807, 2.05) is 56.0 Å². The van der Waals surface area contributed by atoms with E-state index < -0.39 is 0 Å². The Kier molecular flexibility index (Phi) is 4.73. The van der Waals surface area contributed by atoms with Crippen molar-refractivity contribution in [1.82, 2.24) is 0 Å². The molecule has 1 aromatic rings. The highest BCUT2D eigenvalue weighted by molar-refractivity contribution is 5.95. The first-order valence-corrected chi connectivity index (χ1v) is 5.99. The molecule has 4 nitrogen and oxygen atoms in total. The van der Waals surface area contributed by atoms with Gasteiger partial charge >= 0.3 is 0 Å². The van der Waals surface area contributed by atoms with Gasteiger partial charge in [0.25, 0.3) is 0 Å². The standard InChI is InChI=1S/C14H20N4/c1-14(2,3)17-13(16)18(11-7-10-15)12-8-5-4-6-9-12/h4-6,8-9H,7,11H2,1-3H3,(H2,16,17). The van der Waals surface area contributed by atoms with Crippen LogP contribution in [0.5, 0.6) is 0 Å². The van der Waals surface area contributed by atoms with Crippen LogP contribution in [0.3, 0.4) is 0 Å². The van der Waals surface area contributed by atoms with Crippen LogP contribution in [0.1, 0.15) is 27.2 Å². The van der Waals surface area contributed by atoms with Gasteiger partial charge in [0.2, 0.25) is 0 Å². The summed E-state index contributed by atoms with van der Waals surface area (Å²) < 4.78 is 0. The van der Waals surface area contributed by atoms with Crippen LogP contribution < -0.4 is 10.6 Å². The van der Waals surface area contributed by atoms with Crippen molar-refractivity contribution in [2.45, 2.75) is 32.7 Å². The van der Waals surface area contributed by atoms with Gasteiger partial charge < -0.3 is 10.6 Å². The summed E-state index contributed by atoms with van der Waals surface area (Å²) in [5, 5.41) is 8.72. The monoisotopic (exact) mass is 244 g/mol. The van der Waals surface area contributed by atoms with Gasteiger partial charge in [-0.2, -0.15) is 5.26 Å². The zero-order chi connectivity index (χ0) is 13.6. The van der Waals surface area contributed by atoms with E-state index in [0.717, 1.165) is 5.69 Å². The average Bonchev–Trinajstić information content (AvgIpc) is 2.28. The molecule has 0 radical (unpaired) electrons. The molecule has 1 rings (SSSR count). The number of para-hydroxylation sites is 1. The molecule has 0 saturated carbocycles. The first-order chi connectivity index (χ1) is 8.44. The molecule has 0 fully saturated rings. The van der Waals surface area contributed by atoms with Crippen molar-refractivity contribution in [2.75, 3.05) is 11.4 Å². The lowest BCUT2D eigenvalue weighted by atomic mass is 10.1. The number of hydrogen-bond acceptors (Lipinski definition) is 2. The lowest BCUT2D eigenvalue weighted by Gasteiger charge is -2.25. The number of nitrogens with two attached hydrogens (primary N) is 1. The second-order valence-corrected chi connectivity index (χ2v) is 5.04. The average molecular weight is 244 g/mol.